The second-order valence-electron chi connectivity index (χ2n) is 5.87. The summed E-state index contributed by atoms with van der Waals surface area (Å²) in [7, 11) is -9.42. The van der Waals surface area contributed by atoms with Crippen molar-refractivity contribution < 1.29 is 43.3 Å². The van der Waals surface area contributed by atoms with E-state index in [2.05, 4.69) is 19.5 Å². The average molecular weight is 425 g/mol. The Labute approximate surface area is 151 Å². The number of nitrogen functional groups attached to an aromatic ring is 1. The van der Waals surface area contributed by atoms with Crippen LogP contribution in [0.4, 0.5) is 5.82 Å². The van der Waals surface area contributed by atoms with Crippen LogP contribution in [0.3, 0.4) is 0 Å². The number of anilines is 1. The topological polar surface area (TPSA) is 223 Å². The lowest BCUT2D eigenvalue weighted by Crippen LogP contribution is -2.33. The number of hydrogen-bond acceptors (Lipinski definition) is 10. The summed E-state index contributed by atoms with van der Waals surface area (Å²) in [4.78, 5) is 38.8. The van der Waals surface area contributed by atoms with Gasteiger partial charge in [0, 0.05) is 0 Å². The maximum Gasteiger partial charge on any atom is 0.340 e. The molecule has 3 rings (SSSR count). The third kappa shape index (κ3) is 4.35. The summed E-state index contributed by atoms with van der Waals surface area (Å²) < 4.78 is 33.9. The van der Waals surface area contributed by atoms with Gasteiger partial charge >= 0.3 is 15.2 Å². The molecule has 27 heavy (non-hydrogen) atoms. The van der Waals surface area contributed by atoms with E-state index >= 15 is 0 Å². The predicted molar refractivity (Wildman–Crippen MR) is 88.3 cm³/mol. The summed E-state index contributed by atoms with van der Waals surface area (Å²) in [5.41, 5.74) is 6.17. The van der Waals surface area contributed by atoms with Crippen molar-refractivity contribution in [1.29, 1.82) is 0 Å². The Balaban J connectivity index is 1.75. The van der Waals surface area contributed by atoms with Gasteiger partial charge in [-0.15, -0.1) is 0 Å². The Morgan fingerprint density at radius 1 is 1.19 bits per heavy atom. The highest BCUT2D eigenvalue weighted by molar-refractivity contribution is 7.70. The van der Waals surface area contributed by atoms with Gasteiger partial charge < -0.3 is 39.9 Å². The quantitative estimate of drug-likeness (QED) is 0.286. The fourth-order valence-corrected chi connectivity index (χ4v) is 5.19. The minimum absolute atomic E-state index is 0.102. The highest BCUT2D eigenvalue weighted by Crippen LogP contribution is 2.55. The molecule has 0 spiro atoms. The Bertz CT molecular complexity index is 932. The molecule has 2 unspecified atom stereocenters. The van der Waals surface area contributed by atoms with Crippen molar-refractivity contribution in [2.75, 3.05) is 18.2 Å². The number of rotatable bonds is 6. The van der Waals surface area contributed by atoms with Gasteiger partial charge in [0.2, 0.25) is 0 Å². The van der Waals surface area contributed by atoms with Crippen LogP contribution in [0, 0.1) is 0 Å². The SMILES string of the molecule is Nc1ncnc2c1ncn2[C@@H]1O[C@H](COP(=O)(O)CP(=O)(O)O)[C@H](O)C1O. The van der Waals surface area contributed by atoms with Crippen LogP contribution in [-0.2, 0) is 18.4 Å². The van der Waals surface area contributed by atoms with E-state index in [1.807, 2.05) is 0 Å². The van der Waals surface area contributed by atoms with E-state index in [-0.39, 0.29) is 17.0 Å². The van der Waals surface area contributed by atoms with Gasteiger partial charge in [-0.3, -0.25) is 13.7 Å². The largest absolute Gasteiger partial charge is 0.387 e. The Morgan fingerprint density at radius 2 is 1.89 bits per heavy atom. The molecule has 1 aliphatic heterocycles. The van der Waals surface area contributed by atoms with E-state index in [9.17, 15) is 24.2 Å². The number of hydrogen-bond donors (Lipinski definition) is 6. The van der Waals surface area contributed by atoms with E-state index < -0.39 is 52.2 Å². The Kier molecular flexibility index (Phi) is 5.38. The molecule has 1 aliphatic rings. The van der Waals surface area contributed by atoms with Crippen LogP contribution in [0.25, 0.3) is 11.2 Å². The third-order valence-corrected chi connectivity index (χ3v) is 7.26. The van der Waals surface area contributed by atoms with E-state index in [0.29, 0.717) is 0 Å². The van der Waals surface area contributed by atoms with Crippen molar-refractivity contribution in [2.45, 2.75) is 24.5 Å². The van der Waals surface area contributed by atoms with Crippen molar-refractivity contribution >= 4 is 32.2 Å². The maximum absolute atomic E-state index is 11.7. The maximum atomic E-state index is 11.7. The molecule has 1 fully saturated rings. The zero-order valence-corrected chi connectivity index (χ0v) is 15.3. The first-order valence-electron chi connectivity index (χ1n) is 7.44. The monoisotopic (exact) mass is 425 g/mol. The molecule has 0 aliphatic carbocycles. The molecular weight excluding hydrogens is 408 g/mol. The van der Waals surface area contributed by atoms with Crippen molar-refractivity contribution in [3.8, 4) is 0 Å². The summed E-state index contributed by atoms with van der Waals surface area (Å²) in [5, 5.41) is 20.3. The lowest BCUT2D eigenvalue weighted by atomic mass is 10.1. The van der Waals surface area contributed by atoms with Gasteiger partial charge in [-0.25, -0.2) is 15.0 Å². The van der Waals surface area contributed by atoms with Gasteiger partial charge in [0.05, 0.1) is 12.9 Å². The highest BCUT2D eigenvalue weighted by atomic mass is 31.2. The standard InChI is InChI=1S/C11H17N5O9P2/c12-9-6-10(14-2-13-9)16(3-15-6)11-8(18)7(17)5(25-11)1-24-27(22,23)4-26(19,20)21/h2-3,5,7-8,11,17-18H,1,4H2,(H,22,23)(H2,12,13,14)(H2,19,20,21)/t5-,7+,8?,11-/m1/s1. The van der Waals surface area contributed by atoms with Gasteiger partial charge in [0.1, 0.15) is 30.2 Å². The zero-order chi connectivity index (χ0) is 20.0. The fraction of sp³-hybridized carbons (Fsp3) is 0.545. The van der Waals surface area contributed by atoms with Crippen LogP contribution in [0.2, 0.25) is 0 Å². The second-order valence-corrected chi connectivity index (χ2v) is 9.86. The van der Waals surface area contributed by atoms with Crippen LogP contribution in [0.1, 0.15) is 6.23 Å². The first-order valence-corrected chi connectivity index (χ1v) is 11.0. The summed E-state index contributed by atoms with van der Waals surface area (Å²) in [5.74, 6) is -1.28. The van der Waals surface area contributed by atoms with Gasteiger partial charge in [-0.2, -0.15) is 0 Å². The van der Waals surface area contributed by atoms with Crippen LogP contribution < -0.4 is 5.73 Å². The van der Waals surface area contributed by atoms with Crippen molar-refractivity contribution in [1.82, 2.24) is 19.5 Å². The summed E-state index contributed by atoms with van der Waals surface area (Å²) in [6, 6.07) is 0. The Hall–Kier alpha value is -1.47. The number of aromatic nitrogens is 4. The van der Waals surface area contributed by atoms with Gasteiger partial charge in [0.25, 0.3) is 0 Å². The van der Waals surface area contributed by atoms with E-state index in [1.165, 1.54) is 17.2 Å². The lowest BCUT2D eigenvalue weighted by Gasteiger charge is -2.18. The molecule has 7 N–H and O–H groups in total. The minimum atomic E-state index is -4.79. The number of nitrogens with zero attached hydrogens (tertiary/aromatic N) is 4. The van der Waals surface area contributed by atoms with Crippen molar-refractivity contribution in [2.24, 2.45) is 0 Å². The molecule has 16 heteroatoms. The second kappa shape index (κ2) is 7.17. The first-order chi connectivity index (χ1) is 12.5. The average Bonchev–Trinajstić information content (AvgIpc) is 3.07. The number of fused-ring (bicyclic) bond motifs is 1. The lowest BCUT2D eigenvalue weighted by molar-refractivity contribution is -0.0483. The molecule has 1 saturated heterocycles. The van der Waals surface area contributed by atoms with Crippen LogP contribution >= 0.6 is 15.2 Å². The third-order valence-electron chi connectivity index (χ3n) is 3.80. The molecule has 2 aromatic heterocycles. The first kappa shape index (κ1) is 20.3. The molecule has 150 valence electrons. The molecule has 2 aromatic rings. The highest BCUT2D eigenvalue weighted by Gasteiger charge is 2.45. The van der Waals surface area contributed by atoms with Gasteiger partial charge in [0.15, 0.2) is 23.6 Å². The number of aliphatic hydroxyl groups excluding tert-OH is 2. The van der Waals surface area contributed by atoms with E-state index in [0.717, 1.165) is 0 Å². The van der Waals surface area contributed by atoms with Crippen molar-refractivity contribution in [3.05, 3.63) is 12.7 Å². The molecule has 5 atom stereocenters. The Morgan fingerprint density at radius 3 is 2.56 bits per heavy atom. The smallest absolute Gasteiger partial charge is 0.340 e. The molecule has 0 radical (unpaired) electrons. The molecule has 0 saturated carbocycles. The number of imidazole rings is 1. The fourth-order valence-electron chi connectivity index (χ4n) is 2.62. The predicted octanol–water partition coefficient (Wildman–Crippen LogP) is -1.64. The van der Waals surface area contributed by atoms with Crippen LogP contribution in [-0.4, -0.2) is 75.2 Å². The van der Waals surface area contributed by atoms with E-state index in [1.54, 1.807) is 0 Å². The number of ether oxygens (including phenoxy) is 1. The molecule has 3 heterocycles. The summed E-state index contributed by atoms with van der Waals surface area (Å²) in [6.45, 7) is -0.688. The number of aliphatic hydroxyl groups is 2. The van der Waals surface area contributed by atoms with Crippen molar-refractivity contribution in [3.63, 3.8) is 0 Å². The minimum Gasteiger partial charge on any atom is -0.387 e. The van der Waals surface area contributed by atoms with Gasteiger partial charge in [-0.1, -0.05) is 0 Å². The molecule has 0 aromatic carbocycles. The van der Waals surface area contributed by atoms with Crippen LogP contribution in [0.5, 0.6) is 0 Å². The summed E-state index contributed by atoms with van der Waals surface area (Å²) >= 11 is 0. The van der Waals surface area contributed by atoms with E-state index in [4.69, 9.17) is 20.3 Å². The van der Waals surface area contributed by atoms with Gasteiger partial charge in [-0.05, 0) is 0 Å². The zero-order valence-electron chi connectivity index (χ0n) is 13.5. The molecule has 0 amide bonds. The van der Waals surface area contributed by atoms with Crippen LogP contribution in [0.15, 0.2) is 12.7 Å². The number of nitrogens with two attached hydrogens (primary N) is 1. The normalized spacial score (nSPS) is 28.5. The molecule has 14 nitrogen and oxygen atoms in total. The summed E-state index contributed by atoms with van der Waals surface area (Å²) in [6.07, 6.45) is -2.94. The molecular formula is C11H17N5O9P2. The molecule has 0 bridgehead atoms.